The molecule has 0 aliphatic rings. The Labute approximate surface area is 173 Å². The summed E-state index contributed by atoms with van der Waals surface area (Å²) in [5.41, 5.74) is 0.991. The monoisotopic (exact) mass is 413 g/mol. The van der Waals surface area contributed by atoms with Gasteiger partial charge in [-0.1, -0.05) is 24.3 Å². The molecule has 2 aromatic carbocycles. The molecule has 3 aromatic rings. The fourth-order valence-corrected chi connectivity index (χ4v) is 2.89. The van der Waals surface area contributed by atoms with Crippen molar-refractivity contribution < 1.29 is 28.5 Å². The van der Waals surface area contributed by atoms with Crippen LogP contribution in [0, 0.1) is 0 Å². The first-order valence-corrected chi connectivity index (χ1v) is 9.29. The molecule has 0 saturated carbocycles. The summed E-state index contributed by atoms with van der Waals surface area (Å²) < 4.78 is 20.9. The van der Waals surface area contributed by atoms with E-state index >= 15 is 0 Å². The van der Waals surface area contributed by atoms with Crippen LogP contribution in [0.5, 0.6) is 11.5 Å². The van der Waals surface area contributed by atoms with Crippen molar-refractivity contribution >= 4 is 16.9 Å². The van der Waals surface area contributed by atoms with E-state index < -0.39 is 11.7 Å². The molecule has 0 unspecified atom stereocenters. The largest absolute Gasteiger partial charge is 0.493 e. The molecule has 0 radical (unpaired) electrons. The standard InChI is InChI=1S/C22H23NO7/c1-27-12-16(24)11-23-20(25)13-29-17-8-6-14(7-9-17)18-10-15-4-3-5-19(28-2)21(15)30-22(18)26/h3-10,16,24H,11-13H2,1-2H3,(H,23,25)/t16-/m1/s1. The molecule has 0 saturated heterocycles. The second-order valence-electron chi connectivity index (χ2n) is 6.55. The first-order chi connectivity index (χ1) is 14.5. The number of carbonyl (C=O) groups is 1. The van der Waals surface area contributed by atoms with Gasteiger partial charge in [0.15, 0.2) is 17.9 Å². The minimum atomic E-state index is -0.771. The van der Waals surface area contributed by atoms with Gasteiger partial charge in [-0.05, 0) is 29.8 Å². The lowest BCUT2D eigenvalue weighted by Gasteiger charge is -2.11. The van der Waals surface area contributed by atoms with Crippen LogP contribution in [0.4, 0.5) is 0 Å². The van der Waals surface area contributed by atoms with Crippen molar-refractivity contribution in [3.8, 4) is 22.6 Å². The van der Waals surface area contributed by atoms with Crippen LogP contribution in [0.1, 0.15) is 0 Å². The molecule has 0 aliphatic heterocycles. The third-order valence-corrected chi connectivity index (χ3v) is 4.37. The average molecular weight is 413 g/mol. The van der Waals surface area contributed by atoms with E-state index in [9.17, 15) is 14.7 Å². The summed E-state index contributed by atoms with van der Waals surface area (Å²) >= 11 is 0. The molecule has 8 heteroatoms. The summed E-state index contributed by atoms with van der Waals surface area (Å²) in [4.78, 5) is 24.2. The van der Waals surface area contributed by atoms with Crippen LogP contribution in [-0.4, -0.2) is 51.1 Å². The van der Waals surface area contributed by atoms with Crippen LogP contribution in [0.2, 0.25) is 0 Å². The second-order valence-corrected chi connectivity index (χ2v) is 6.55. The number of nitrogens with one attached hydrogen (secondary N) is 1. The summed E-state index contributed by atoms with van der Waals surface area (Å²) in [6.07, 6.45) is -0.771. The fourth-order valence-electron chi connectivity index (χ4n) is 2.89. The normalized spacial score (nSPS) is 11.8. The minimum Gasteiger partial charge on any atom is -0.493 e. The molecule has 8 nitrogen and oxygen atoms in total. The molecule has 1 aromatic heterocycles. The van der Waals surface area contributed by atoms with Gasteiger partial charge in [0.05, 0.1) is 25.4 Å². The van der Waals surface area contributed by atoms with Gasteiger partial charge in [0.1, 0.15) is 5.75 Å². The molecule has 158 valence electrons. The molecule has 1 atom stereocenters. The van der Waals surface area contributed by atoms with Crippen LogP contribution in [-0.2, 0) is 9.53 Å². The van der Waals surface area contributed by atoms with Crippen molar-refractivity contribution in [3.05, 3.63) is 59.0 Å². The number of aliphatic hydroxyl groups is 1. The molecule has 1 amide bonds. The highest BCUT2D eigenvalue weighted by Gasteiger charge is 2.12. The first kappa shape index (κ1) is 21.4. The van der Waals surface area contributed by atoms with Crippen LogP contribution >= 0.6 is 0 Å². The maximum Gasteiger partial charge on any atom is 0.344 e. The molecule has 30 heavy (non-hydrogen) atoms. The Morgan fingerprint density at radius 2 is 1.93 bits per heavy atom. The number of fused-ring (bicyclic) bond motifs is 1. The van der Waals surface area contributed by atoms with Gasteiger partial charge < -0.3 is 29.1 Å². The Kier molecular flexibility index (Phi) is 7.05. The van der Waals surface area contributed by atoms with Crippen molar-refractivity contribution in [1.82, 2.24) is 5.32 Å². The van der Waals surface area contributed by atoms with Crippen LogP contribution < -0.4 is 20.4 Å². The van der Waals surface area contributed by atoms with Gasteiger partial charge in [-0.3, -0.25) is 4.79 Å². The molecular formula is C22H23NO7. The molecule has 1 heterocycles. The molecule has 3 rings (SSSR count). The van der Waals surface area contributed by atoms with E-state index in [2.05, 4.69) is 5.32 Å². The Bertz CT molecular complexity index is 1060. The fraction of sp³-hybridized carbons (Fsp3) is 0.273. The lowest BCUT2D eigenvalue weighted by atomic mass is 10.1. The topological polar surface area (TPSA) is 107 Å². The highest BCUT2D eigenvalue weighted by atomic mass is 16.5. The zero-order chi connectivity index (χ0) is 21.5. The van der Waals surface area contributed by atoms with Crippen molar-refractivity contribution in [2.45, 2.75) is 6.10 Å². The Balaban J connectivity index is 1.66. The molecule has 2 N–H and O–H groups in total. The lowest BCUT2D eigenvalue weighted by Crippen LogP contribution is -2.36. The number of para-hydroxylation sites is 1. The van der Waals surface area contributed by atoms with Crippen LogP contribution in [0.25, 0.3) is 22.1 Å². The molecule has 0 fully saturated rings. The van der Waals surface area contributed by atoms with Gasteiger partial charge in [-0.15, -0.1) is 0 Å². The summed E-state index contributed by atoms with van der Waals surface area (Å²) in [6.45, 7) is 0.0204. The highest BCUT2D eigenvalue weighted by molar-refractivity contribution is 5.86. The van der Waals surface area contributed by atoms with Crippen LogP contribution in [0.15, 0.2) is 57.7 Å². The van der Waals surface area contributed by atoms with Crippen molar-refractivity contribution in [3.63, 3.8) is 0 Å². The number of ether oxygens (including phenoxy) is 3. The smallest absolute Gasteiger partial charge is 0.344 e. The Morgan fingerprint density at radius 1 is 1.17 bits per heavy atom. The van der Waals surface area contributed by atoms with Crippen molar-refractivity contribution in [2.24, 2.45) is 0 Å². The molecule has 0 spiro atoms. The van der Waals surface area contributed by atoms with Crippen LogP contribution in [0.3, 0.4) is 0 Å². The van der Waals surface area contributed by atoms with Crippen molar-refractivity contribution in [1.29, 1.82) is 0 Å². The Hall–Kier alpha value is -3.36. The van der Waals surface area contributed by atoms with Gasteiger partial charge in [0, 0.05) is 19.0 Å². The predicted molar refractivity (Wildman–Crippen MR) is 111 cm³/mol. The summed E-state index contributed by atoms with van der Waals surface area (Å²) in [6, 6.07) is 13.9. The van der Waals surface area contributed by atoms with E-state index in [-0.39, 0.29) is 25.7 Å². The van der Waals surface area contributed by atoms with Crippen molar-refractivity contribution in [2.75, 3.05) is 34.0 Å². The molecular weight excluding hydrogens is 390 g/mol. The predicted octanol–water partition coefficient (Wildman–Crippen LogP) is 1.97. The highest BCUT2D eigenvalue weighted by Crippen LogP contribution is 2.28. The second kappa shape index (κ2) is 9.91. The van der Waals surface area contributed by atoms with E-state index in [0.717, 1.165) is 5.39 Å². The van der Waals surface area contributed by atoms with E-state index in [1.807, 2.05) is 12.1 Å². The maximum atomic E-state index is 12.4. The summed E-state index contributed by atoms with van der Waals surface area (Å²) in [7, 11) is 2.99. The summed E-state index contributed by atoms with van der Waals surface area (Å²) in [5.74, 6) is 0.601. The number of rotatable bonds is 9. The van der Waals surface area contributed by atoms with Gasteiger partial charge >= 0.3 is 5.63 Å². The Morgan fingerprint density at radius 3 is 2.63 bits per heavy atom. The number of amides is 1. The molecule has 0 aliphatic carbocycles. The number of carbonyl (C=O) groups excluding carboxylic acids is 1. The van der Waals surface area contributed by atoms with E-state index in [1.54, 1.807) is 36.4 Å². The maximum absolute atomic E-state index is 12.4. The zero-order valence-electron chi connectivity index (χ0n) is 16.7. The van der Waals surface area contributed by atoms with E-state index in [0.29, 0.717) is 28.2 Å². The first-order valence-electron chi connectivity index (χ1n) is 9.29. The summed E-state index contributed by atoms with van der Waals surface area (Å²) in [5, 5.41) is 12.8. The van der Waals surface area contributed by atoms with Gasteiger partial charge in [0.2, 0.25) is 0 Å². The van der Waals surface area contributed by atoms with E-state index in [1.165, 1.54) is 14.2 Å². The van der Waals surface area contributed by atoms with Gasteiger partial charge in [0.25, 0.3) is 5.91 Å². The van der Waals surface area contributed by atoms with Gasteiger partial charge in [-0.25, -0.2) is 4.79 Å². The third kappa shape index (κ3) is 5.16. The number of hydrogen-bond donors (Lipinski definition) is 2. The SMILES string of the molecule is COC[C@H](O)CNC(=O)COc1ccc(-c2cc3cccc(OC)c3oc2=O)cc1. The molecule has 0 bridgehead atoms. The van der Waals surface area contributed by atoms with E-state index in [4.69, 9.17) is 18.6 Å². The number of aliphatic hydroxyl groups excluding tert-OH is 1. The lowest BCUT2D eigenvalue weighted by molar-refractivity contribution is -0.123. The quantitative estimate of drug-likeness (QED) is 0.517. The minimum absolute atomic E-state index is 0.0809. The third-order valence-electron chi connectivity index (χ3n) is 4.37. The number of hydrogen-bond acceptors (Lipinski definition) is 7. The number of benzene rings is 2. The average Bonchev–Trinajstić information content (AvgIpc) is 2.76. The van der Waals surface area contributed by atoms with Gasteiger partial charge in [-0.2, -0.15) is 0 Å². The zero-order valence-corrected chi connectivity index (χ0v) is 16.7. The number of methoxy groups -OCH3 is 2.